The molecule has 0 spiro atoms. The molecule has 3 N–H and O–H groups in total. The van der Waals surface area contributed by atoms with E-state index in [-0.39, 0.29) is 24.7 Å². The number of hydrogen-bond donors (Lipinski definition) is 3. The molecule has 1 heterocycles. The maximum Gasteiger partial charge on any atom is 0.178 e. The predicted octanol–water partition coefficient (Wildman–Crippen LogP) is 1.14. The molecule has 0 fully saturated rings. The van der Waals surface area contributed by atoms with Gasteiger partial charge in [-0.25, -0.2) is 0 Å². The molecule has 0 aliphatic heterocycles. The first-order chi connectivity index (χ1) is 9.13. The summed E-state index contributed by atoms with van der Waals surface area (Å²) in [5.74, 6) is -0.0516. The molecule has 0 radical (unpaired) electrons. The van der Waals surface area contributed by atoms with E-state index in [0.717, 1.165) is 10.9 Å². The maximum absolute atomic E-state index is 12.0. The average molecular weight is 260 g/mol. The van der Waals surface area contributed by atoms with E-state index in [9.17, 15) is 9.59 Å². The number of hydrogen-bond acceptors (Lipinski definition) is 4. The van der Waals surface area contributed by atoms with Crippen LogP contribution in [-0.2, 0) is 0 Å². The van der Waals surface area contributed by atoms with Crippen molar-refractivity contribution in [2.24, 2.45) is 0 Å². The minimum absolute atomic E-state index is 0.00311. The summed E-state index contributed by atoms with van der Waals surface area (Å²) in [5, 5.41) is 12.3. The number of Topliss-reactive ketones (excluding diaryl/α,β-unsaturated/α-hetero) is 2. The highest BCUT2D eigenvalue weighted by Gasteiger charge is 2.12. The molecule has 0 amide bonds. The zero-order valence-corrected chi connectivity index (χ0v) is 10.7. The Morgan fingerprint density at radius 1 is 1.37 bits per heavy atom. The van der Waals surface area contributed by atoms with Crippen molar-refractivity contribution in [3.8, 4) is 0 Å². The summed E-state index contributed by atoms with van der Waals surface area (Å²) in [6.45, 7) is 2.09. The molecule has 5 nitrogen and oxygen atoms in total. The molecule has 0 aliphatic rings. The smallest absolute Gasteiger partial charge is 0.178 e. The van der Waals surface area contributed by atoms with Crippen molar-refractivity contribution in [2.75, 3.05) is 19.7 Å². The average Bonchev–Trinajstić information content (AvgIpc) is 2.81. The van der Waals surface area contributed by atoms with E-state index in [2.05, 4.69) is 10.3 Å². The van der Waals surface area contributed by atoms with Crippen LogP contribution in [0.3, 0.4) is 0 Å². The monoisotopic (exact) mass is 260 g/mol. The van der Waals surface area contributed by atoms with E-state index in [1.54, 1.807) is 24.4 Å². The molecule has 0 saturated carbocycles. The molecule has 0 aliphatic carbocycles. The summed E-state index contributed by atoms with van der Waals surface area (Å²) in [4.78, 5) is 26.3. The number of carbonyl (C=O) groups excluding carboxylic acids is 2. The minimum Gasteiger partial charge on any atom is -0.395 e. The number of fused-ring (bicyclic) bond motifs is 1. The quantitative estimate of drug-likeness (QED) is 0.537. The molecular formula is C14H16N2O3. The number of aliphatic hydroxyl groups excluding tert-OH is 1. The van der Waals surface area contributed by atoms with Gasteiger partial charge in [0.05, 0.1) is 13.2 Å². The van der Waals surface area contributed by atoms with E-state index in [4.69, 9.17) is 5.11 Å². The Morgan fingerprint density at radius 3 is 2.84 bits per heavy atom. The van der Waals surface area contributed by atoms with Crippen LogP contribution in [0, 0.1) is 0 Å². The molecule has 2 aromatic rings. The van der Waals surface area contributed by atoms with Crippen LogP contribution in [0.15, 0.2) is 24.4 Å². The SMILES string of the molecule is CC(=O)c1ccc2c(C(=O)CNCCO)c[nH]c2c1. The van der Waals surface area contributed by atoms with Crippen LogP contribution in [0.1, 0.15) is 27.6 Å². The number of benzene rings is 1. The van der Waals surface area contributed by atoms with Gasteiger partial charge in [0, 0.05) is 34.8 Å². The lowest BCUT2D eigenvalue weighted by atomic mass is 10.1. The number of carbonyl (C=O) groups is 2. The molecule has 0 bridgehead atoms. The largest absolute Gasteiger partial charge is 0.395 e. The van der Waals surface area contributed by atoms with Gasteiger partial charge >= 0.3 is 0 Å². The lowest BCUT2D eigenvalue weighted by molar-refractivity contribution is 0.0989. The lowest BCUT2D eigenvalue weighted by Gasteiger charge is -2.01. The summed E-state index contributed by atoms with van der Waals surface area (Å²) in [7, 11) is 0. The van der Waals surface area contributed by atoms with Gasteiger partial charge in [0.15, 0.2) is 11.6 Å². The summed E-state index contributed by atoms with van der Waals surface area (Å²) in [6, 6.07) is 5.24. The topological polar surface area (TPSA) is 82.2 Å². The fraction of sp³-hybridized carbons (Fsp3) is 0.286. The molecule has 0 unspecified atom stereocenters. The third-order valence-corrected chi connectivity index (χ3v) is 2.96. The normalized spacial score (nSPS) is 10.8. The zero-order valence-electron chi connectivity index (χ0n) is 10.7. The highest BCUT2D eigenvalue weighted by molar-refractivity contribution is 6.10. The summed E-state index contributed by atoms with van der Waals surface area (Å²) in [6.07, 6.45) is 1.65. The number of aromatic nitrogens is 1. The number of aliphatic hydroxyl groups is 1. The second-order valence-electron chi connectivity index (χ2n) is 4.34. The maximum atomic E-state index is 12.0. The number of rotatable bonds is 6. The predicted molar refractivity (Wildman–Crippen MR) is 72.6 cm³/mol. The Bertz CT molecular complexity index is 616. The fourth-order valence-electron chi connectivity index (χ4n) is 1.95. The van der Waals surface area contributed by atoms with Crippen LogP contribution >= 0.6 is 0 Å². The number of ketones is 2. The fourth-order valence-corrected chi connectivity index (χ4v) is 1.95. The van der Waals surface area contributed by atoms with E-state index < -0.39 is 0 Å². The van der Waals surface area contributed by atoms with Crippen molar-refractivity contribution in [2.45, 2.75) is 6.92 Å². The third-order valence-electron chi connectivity index (χ3n) is 2.96. The highest BCUT2D eigenvalue weighted by Crippen LogP contribution is 2.20. The molecule has 100 valence electrons. The first-order valence-electron chi connectivity index (χ1n) is 6.10. The molecule has 2 rings (SSSR count). The van der Waals surface area contributed by atoms with Gasteiger partial charge in [-0.3, -0.25) is 9.59 Å². The van der Waals surface area contributed by atoms with E-state index >= 15 is 0 Å². The van der Waals surface area contributed by atoms with Gasteiger partial charge in [0.25, 0.3) is 0 Å². The van der Waals surface area contributed by atoms with Gasteiger partial charge < -0.3 is 15.4 Å². The van der Waals surface area contributed by atoms with Crippen LogP contribution in [0.5, 0.6) is 0 Å². The van der Waals surface area contributed by atoms with Gasteiger partial charge in [-0.15, -0.1) is 0 Å². The Hall–Kier alpha value is -1.98. The number of H-pyrrole nitrogens is 1. The zero-order chi connectivity index (χ0) is 13.8. The highest BCUT2D eigenvalue weighted by atomic mass is 16.3. The third kappa shape index (κ3) is 2.89. The van der Waals surface area contributed by atoms with E-state index in [1.807, 2.05) is 0 Å². The first-order valence-corrected chi connectivity index (χ1v) is 6.10. The second kappa shape index (κ2) is 5.77. The molecule has 19 heavy (non-hydrogen) atoms. The van der Waals surface area contributed by atoms with E-state index in [0.29, 0.717) is 17.7 Å². The number of nitrogens with one attached hydrogen (secondary N) is 2. The lowest BCUT2D eigenvalue weighted by Crippen LogP contribution is -2.25. The van der Waals surface area contributed by atoms with Gasteiger partial charge in [-0.05, 0) is 13.0 Å². The molecule has 1 aromatic heterocycles. The van der Waals surface area contributed by atoms with E-state index in [1.165, 1.54) is 6.92 Å². The van der Waals surface area contributed by atoms with Crippen molar-refractivity contribution in [3.05, 3.63) is 35.5 Å². The van der Waals surface area contributed by atoms with Crippen molar-refractivity contribution in [1.82, 2.24) is 10.3 Å². The minimum atomic E-state index is -0.0460. The van der Waals surface area contributed by atoms with Crippen molar-refractivity contribution in [3.63, 3.8) is 0 Å². The van der Waals surface area contributed by atoms with Crippen LogP contribution in [0.2, 0.25) is 0 Å². The molecule has 0 atom stereocenters. The molecule has 5 heteroatoms. The first kappa shape index (κ1) is 13.5. The standard InChI is InChI=1S/C14H16N2O3/c1-9(18)10-2-3-11-12(7-16-13(11)6-10)14(19)8-15-4-5-17/h2-3,6-7,15-17H,4-5,8H2,1H3. The number of aromatic amines is 1. The van der Waals surface area contributed by atoms with Crippen LogP contribution < -0.4 is 5.32 Å². The Kier molecular flexibility index (Phi) is 4.09. The van der Waals surface area contributed by atoms with Crippen LogP contribution in [0.4, 0.5) is 0 Å². The second-order valence-corrected chi connectivity index (χ2v) is 4.34. The summed E-state index contributed by atoms with van der Waals surface area (Å²) >= 11 is 0. The summed E-state index contributed by atoms with van der Waals surface area (Å²) < 4.78 is 0. The van der Waals surface area contributed by atoms with Crippen molar-refractivity contribution < 1.29 is 14.7 Å². The van der Waals surface area contributed by atoms with Gasteiger partial charge in [0.1, 0.15) is 0 Å². The molecular weight excluding hydrogens is 244 g/mol. The molecule has 1 aromatic carbocycles. The van der Waals surface area contributed by atoms with Gasteiger partial charge in [0.2, 0.25) is 0 Å². The van der Waals surface area contributed by atoms with Crippen molar-refractivity contribution in [1.29, 1.82) is 0 Å². The van der Waals surface area contributed by atoms with Crippen molar-refractivity contribution >= 4 is 22.5 Å². The Balaban J connectivity index is 2.25. The van der Waals surface area contributed by atoms with Gasteiger partial charge in [-0.2, -0.15) is 0 Å². The van der Waals surface area contributed by atoms with Crippen LogP contribution in [0.25, 0.3) is 10.9 Å². The molecule has 0 saturated heterocycles. The van der Waals surface area contributed by atoms with Crippen LogP contribution in [-0.4, -0.2) is 41.4 Å². The Labute approximate surface area is 110 Å². The van der Waals surface area contributed by atoms with Gasteiger partial charge in [-0.1, -0.05) is 12.1 Å². The Morgan fingerprint density at radius 2 is 2.16 bits per heavy atom. The summed E-state index contributed by atoms with van der Waals surface area (Å²) in [5.41, 5.74) is 1.99.